The number of nitrogens with two attached hydrogens (primary N) is 1. The summed E-state index contributed by atoms with van der Waals surface area (Å²) in [5.41, 5.74) is 4.68. The molecule has 0 bridgehead atoms. The number of nitrogens with one attached hydrogen (secondary N) is 2. The molecule has 0 saturated carbocycles. The van der Waals surface area contributed by atoms with Crippen LogP contribution < -0.4 is 16.6 Å². The Morgan fingerprint density at radius 1 is 1.50 bits per heavy atom. The molecular formula is C11H17BrN4. The summed E-state index contributed by atoms with van der Waals surface area (Å²) in [6.45, 7) is 4.86. The molecule has 1 rings (SSSR count). The molecule has 0 atom stereocenters. The van der Waals surface area contributed by atoms with Crippen molar-refractivity contribution in [3.63, 3.8) is 0 Å². The van der Waals surface area contributed by atoms with Crippen molar-refractivity contribution in [3.05, 3.63) is 28.2 Å². The van der Waals surface area contributed by atoms with Crippen LogP contribution in [0.25, 0.3) is 0 Å². The van der Waals surface area contributed by atoms with E-state index in [4.69, 9.17) is 5.84 Å². The second-order valence-electron chi connectivity index (χ2n) is 3.46. The Morgan fingerprint density at radius 3 is 2.81 bits per heavy atom. The molecule has 0 aliphatic carbocycles. The molecule has 0 aromatic heterocycles. The average molecular weight is 285 g/mol. The molecule has 16 heavy (non-hydrogen) atoms. The van der Waals surface area contributed by atoms with Crippen LogP contribution >= 0.6 is 15.9 Å². The van der Waals surface area contributed by atoms with Gasteiger partial charge in [0.05, 0.1) is 0 Å². The lowest BCUT2D eigenvalue weighted by molar-refractivity contribution is 0.905. The summed E-state index contributed by atoms with van der Waals surface area (Å²) >= 11 is 3.46. The lowest BCUT2D eigenvalue weighted by atomic mass is 10.2. The monoisotopic (exact) mass is 284 g/mol. The fourth-order valence-corrected chi connectivity index (χ4v) is 1.45. The minimum atomic E-state index is 0.587. The lowest BCUT2D eigenvalue weighted by Gasteiger charge is -2.10. The number of hydrazine groups is 1. The van der Waals surface area contributed by atoms with Crippen LogP contribution in [0.15, 0.2) is 27.7 Å². The van der Waals surface area contributed by atoms with Gasteiger partial charge < -0.3 is 5.32 Å². The van der Waals surface area contributed by atoms with Gasteiger partial charge in [0.1, 0.15) is 0 Å². The highest BCUT2D eigenvalue weighted by Gasteiger charge is 1.99. The summed E-state index contributed by atoms with van der Waals surface area (Å²) in [5, 5.41) is 3.12. The first-order valence-corrected chi connectivity index (χ1v) is 6.01. The van der Waals surface area contributed by atoms with Gasteiger partial charge in [0, 0.05) is 16.7 Å². The van der Waals surface area contributed by atoms with E-state index in [2.05, 4.69) is 38.6 Å². The zero-order chi connectivity index (χ0) is 12.0. The van der Waals surface area contributed by atoms with Crippen LogP contribution in [0.5, 0.6) is 0 Å². The topological polar surface area (TPSA) is 62.4 Å². The molecule has 0 radical (unpaired) electrons. The summed E-state index contributed by atoms with van der Waals surface area (Å²) in [7, 11) is 0. The molecule has 0 spiro atoms. The van der Waals surface area contributed by atoms with Crippen molar-refractivity contribution in [3.8, 4) is 0 Å². The van der Waals surface area contributed by atoms with Crippen molar-refractivity contribution in [2.75, 3.05) is 11.9 Å². The van der Waals surface area contributed by atoms with Crippen LogP contribution in [0, 0.1) is 6.92 Å². The molecule has 0 aliphatic heterocycles. The van der Waals surface area contributed by atoms with Gasteiger partial charge in [-0.05, 0) is 37.1 Å². The first-order chi connectivity index (χ1) is 7.67. The van der Waals surface area contributed by atoms with E-state index in [9.17, 15) is 0 Å². The number of hydrogen-bond acceptors (Lipinski definition) is 2. The molecule has 1 aromatic carbocycles. The number of anilines is 1. The molecule has 4 nitrogen and oxygen atoms in total. The van der Waals surface area contributed by atoms with Gasteiger partial charge >= 0.3 is 0 Å². The third kappa shape index (κ3) is 3.83. The summed E-state index contributed by atoms with van der Waals surface area (Å²) in [6.07, 6.45) is 0.992. The highest BCUT2D eigenvalue weighted by molar-refractivity contribution is 9.10. The third-order valence-corrected chi connectivity index (χ3v) is 2.94. The Balaban J connectivity index is 2.74. The molecule has 0 amide bonds. The number of hydrogen-bond donors (Lipinski definition) is 3. The number of rotatable bonds is 3. The maximum absolute atomic E-state index is 5.38. The number of halogens is 1. The summed E-state index contributed by atoms with van der Waals surface area (Å²) < 4.78 is 1.09. The Morgan fingerprint density at radius 2 is 2.25 bits per heavy atom. The minimum absolute atomic E-state index is 0.587. The molecule has 0 unspecified atom stereocenters. The van der Waals surface area contributed by atoms with E-state index in [1.54, 1.807) is 0 Å². The predicted octanol–water partition coefficient (Wildman–Crippen LogP) is 2.40. The van der Waals surface area contributed by atoms with Gasteiger partial charge in [0.25, 0.3) is 0 Å². The van der Waals surface area contributed by atoms with Crippen molar-refractivity contribution >= 4 is 27.6 Å². The van der Waals surface area contributed by atoms with E-state index in [-0.39, 0.29) is 0 Å². The van der Waals surface area contributed by atoms with E-state index >= 15 is 0 Å². The number of aliphatic imine (C=N–C) groups is 1. The van der Waals surface area contributed by atoms with Crippen LogP contribution in [0.4, 0.5) is 5.69 Å². The van der Waals surface area contributed by atoms with E-state index in [1.165, 1.54) is 0 Å². The fraction of sp³-hybridized carbons (Fsp3) is 0.364. The van der Waals surface area contributed by atoms with Gasteiger partial charge in [-0.3, -0.25) is 10.4 Å². The molecule has 88 valence electrons. The largest absolute Gasteiger partial charge is 0.325 e. The molecule has 1 aromatic rings. The molecule has 0 heterocycles. The Kier molecular flexibility index (Phi) is 5.28. The highest BCUT2D eigenvalue weighted by atomic mass is 79.9. The fourth-order valence-electron chi connectivity index (χ4n) is 1.20. The smallest absolute Gasteiger partial charge is 0.210 e. The van der Waals surface area contributed by atoms with Gasteiger partial charge in [-0.2, -0.15) is 0 Å². The first-order valence-electron chi connectivity index (χ1n) is 5.21. The zero-order valence-corrected chi connectivity index (χ0v) is 11.1. The second kappa shape index (κ2) is 6.50. The first kappa shape index (κ1) is 13.0. The Hall–Kier alpha value is -1.07. The van der Waals surface area contributed by atoms with Crippen LogP contribution in [-0.2, 0) is 0 Å². The molecular weight excluding hydrogens is 268 g/mol. The summed E-state index contributed by atoms with van der Waals surface area (Å²) in [5.74, 6) is 5.96. The van der Waals surface area contributed by atoms with Gasteiger partial charge in [0.15, 0.2) is 0 Å². The predicted molar refractivity (Wildman–Crippen MR) is 72.4 cm³/mol. The van der Waals surface area contributed by atoms with Crippen molar-refractivity contribution in [2.45, 2.75) is 20.3 Å². The average Bonchev–Trinajstić information content (AvgIpc) is 2.29. The molecule has 0 aliphatic rings. The van der Waals surface area contributed by atoms with Gasteiger partial charge in [-0.15, -0.1) is 0 Å². The quantitative estimate of drug-likeness (QED) is 0.346. The standard InChI is InChI=1S/C11H17BrN4/c1-3-6-14-11(16-13)15-9-4-5-10(12)8(2)7-9/h4-5,7H,3,6,13H2,1-2H3,(H2,14,15,16). The summed E-state index contributed by atoms with van der Waals surface area (Å²) in [4.78, 5) is 4.27. The normalized spacial score (nSPS) is 11.4. The number of benzene rings is 1. The zero-order valence-electron chi connectivity index (χ0n) is 9.55. The molecule has 4 N–H and O–H groups in total. The van der Waals surface area contributed by atoms with E-state index in [0.717, 1.165) is 28.7 Å². The van der Waals surface area contributed by atoms with E-state index in [0.29, 0.717) is 5.96 Å². The van der Waals surface area contributed by atoms with Gasteiger partial charge in [-0.1, -0.05) is 22.9 Å². The molecule has 0 saturated heterocycles. The van der Waals surface area contributed by atoms with Crippen LogP contribution in [-0.4, -0.2) is 12.5 Å². The minimum Gasteiger partial charge on any atom is -0.325 e. The van der Waals surface area contributed by atoms with Crippen molar-refractivity contribution in [1.29, 1.82) is 0 Å². The highest BCUT2D eigenvalue weighted by Crippen LogP contribution is 2.19. The van der Waals surface area contributed by atoms with Crippen molar-refractivity contribution in [1.82, 2.24) is 5.43 Å². The second-order valence-corrected chi connectivity index (χ2v) is 4.32. The van der Waals surface area contributed by atoms with Gasteiger partial charge in [0.2, 0.25) is 5.96 Å². The maximum atomic E-state index is 5.38. The number of aryl methyl sites for hydroxylation is 1. The van der Waals surface area contributed by atoms with Gasteiger partial charge in [-0.25, -0.2) is 5.84 Å². The lowest BCUT2D eigenvalue weighted by Crippen LogP contribution is -2.36. The van der Waals surface area contributed by atoms with Crippen molar-refractivity contribution in [2.24, 2.45) is 10.8 Å². The van der Waals surface area contributed by atoms with Crippen molar-refractivity contribution < 1.29 is 0 Å². The number of guanidine groups is 1. The van der Waals surface area contributed by atoms with E-state index < -0.39 is 0 Å². The molecule has 5 heteroatoms. The SMILES string of the molecule is CCCN=C(NN)Nc1ccc(Br)c(C)c1. The maximum Gasteiger partial charge on any atom is 0.210 e. The summed E-state index contributed by atoms with van der Waals surface area (Å²) in [6, 6.07) is 5.99. The Labute approximate surface area is 104 Å². The van der Waals surface area contributed by atoms with Crippen LogP contribution in [0.2, 0.25) is 0 Å². The Bertz CT molecular complexity index is 376. The third-order valence-electron chi connectivity index (χ3n) is 2.05. The number of nitrogens with zero attached hydrogens (tertiary/aromatic N) is 1. The van der Waals surface area contributed by atoms with Crippen LogP contribution in [0.3, 0.4) is 0 Å². The molecule has 0 fully saturated rings. The van der Waals surface area contributed by atoms with E-state index in [1.807, 2.05) is 25.1 Å². The van der Waals surface area contributed by atoms with Crippen LogP contribution in [0.1, 0.15) is 18.9 Å².